The number of nitrogens with one attached hydrogen (secondary N) is 1. The van der Waals surface area contributed by atoms with Gasteiger partial charge in [-0.2, -0.15) is 32.2 Å². The number of nitrogens with zero attached hydrogens (tertiary/aromatic N) is 3. The van der Waals surface area contributed by atoms with E-state index in [9.17, 15) is 22.4 Å². The molecule has 0 spiro atoms. The highest BCUT2D eigenvalue weighted by Gasteiger charge is 2.42. The van der Waals surface area contributed by atoms with E-state index in [1.165, 1.54) is 6.20 Å². The van der Waals surface area contributed by atoms with Crippen molar-refractivity contribution in [1.29, 1.82) is 0 Å². The van der Waals surface area contributed by atoms with Crippen LogP contribution in [0.2, 0.25) is 0 Å². The molecule has 0 radical (unpaired) electrons. The minimum Gasteiger partial charge on any atom is -0.228 e. The minimum atomic E-state index is -4.49. The molecule has 4 heterocycles. The zero-order valence-electron chi connectivity index (χ0n) is 13.3. The van der Waals surface area contributed by atoms with Gasteiger partial charge in [0.1, 0.15) is 11.8 Å². The van der Waals surface area contributed by atoms with Gasteiger partial charge in [0.25, 0.3) is 0 Å². The van der Waals surface area contributed by atoms with E-state index in [2.05, 4.69) is 15.3 Å². The molecule has 2 aliphatic rings. The number of carbonyl (C=O) groups excluding carboxylic acids is 1. The lowest BCUT2D eigenvalue weighted by atomic mass is 9.99. The quantitative estimate of drug-likeness (QED) is 0.479. The van der Waals surface area contributed by atoms with Crippen molar-refractivity contribution in [3.05, 3.63) is 53.2 Å². The molecule has 0 saturated carbocycles. The van der Waals surface area contributed by atoms with Gasteiger partial charge in [-0.1, -0.05) is 0 Å². The third-order valence-electron chi connectivity index (χ3n) is 4.67. The van der Waals surface area contributed by atoms with Gasteiger partial charge in [0.15, 0.2) is 0 Å². The third kappa shape index (κ3) is 2.73. The van der Waals surface area contributed by atoms with Crippen LogP contribution in [0.15, 0.2) is 30.6 Å². The number of anilines is 1. The predicted octanol–water partition coefficient (Wildman–Crippen LogP) is 3.39. The van der Waals surface area contributed by atoms with Crippen LogP contribution in [-0.4, -0.2) is 32.3 Å². The summed E-state index contributed by atoms with van der Waals surface area (Å²) < 4.78 is 53.2. The highest BCUT2D eigenvalue weighted by Crippen LogP contribution is 2.31. The lowest BCUT2D eigenvalue weighted by molar-refractivity contribution is -0.460. The van der Waals surface area contributed by atoms with Crippen LogP contribution in [-0.2, 0) is 12.6 Å². The number of hydrogen-bond acceptors (Lipinski definition) is 3. The summed E-state index contributed by atoms with van der Waals surface area (Å²) in [5.74, 6) is -0.508. The van der Waals surface area contributed by atoms with Crippen molar-refractivity contribution in [2.45, 2.75) is 31.5 Å². The van der Waals surface area contributed by atoms with Gasteiger partial charge in [0, 0.05) is 42.4 Å². The molecular formula is C17H13F4N4O+. The largest absolute Gasteiger partial charge is 0.497 e. The third-order valence-corrected chi connectivity index (χ3v) is 4.67. The van der Waals surface area contributed by atoms with E-state index < -0.39 is 23.7 Å². The van der Waals surface area contributed by atoms with Crippen molar-refractivity contribution in [3.8, 4) is 0 Å². The van der Waals surface area contributed by atoms with E-state index in [1.807, 2.05) is 0 Å². The van der Waals surface area contributed by atoms with Crippen molar-refractivity contribution in [1.82, 2.24) is 9.97 Å². The molecule has 9 heteroatoms. The highest BCUT2D eigenvalue weighted by molar-refractivity contribution is 6.03. The molecular weight excluding hydrogens is 352 g/mol. The molecule has 2 aromatic heterocycles. The Bertz CT molecular complexity index is 921. The van der Waals surface area contributed by atoms with Crippen LogP contribution in [0.4, 0.5) is 28.2 Å². The molecule has 1 N–H and O–H groups in total. The van der Waals surface area contributed by atoms with Gasteiger partial charge < -0.3 is 0 Å². The Morgan fingerprint density at radius 3 is 2.73 bits per heavy atom. The summed E-state index contributed by atoms with van der Waals surface area (Å²) in [6.07, 6.45) is -0.797. The second-order valence-corrected chi connectivity index (χ2v) is 6.20. The zero-order valence-corrected chi connectivity index (χ0v) is 13.3. The van der Waals surface area contributed by atoms with Gasteiger partial charge in [-0.25, -0.2) is 9.97 Å². The van der Waals surface area contributed by atoms with Gasteiger partial charge in [-0.05, 0) is 18.6 Å². The molecule has 0 aromatic carbocycles. The average Bonchev–Trinajstić information content (AvgIpc) is 2.91. The van der Waals surface area contributed by atoms with E-state index in [0.717, 1.165) is 12.1 Å². The number of rotatable bonds is 1. The minimum absolute atomic E-state index is 0.0229. The number of fused-ring (bicyclic) bond motifs is 3. The number of carbonyl (C=O) groups is 1. The molecule has 5 nitrogen and oxygen atoms in total. The highest BCUT2D eigenvalue weighted by atomic mass is 19.4. The number of amides is 2. The van der Waals surface area contributed by atoms with Gasteiger partial charge in [0.2, 0.25) is 11.8 Å². The summed E-state index contributed by atoms with van der Waals surface area (Å²) in [5, 5.41) is 2.51. The normalized spacial score (nSPS) is 18.7. The van der Waals surface area contributed by atoms with Crippen LogP contribution < -0.4 is 5.32 Å². The molecule has 134 valence electrons. The molecule has 2 aliphatic heterocycles. The number of hydrogen-bond donors (Lipinski definition) is 1. The van der Waals surface area contributed by atoms with Crippen LogP contribution in [0.3, 0.4) is 0 Å². The molecule has 2 amide bonds. The fourth-order valence-corrected chi connectivity index (χ4v) is 3.49. The molecule has 4 rings (SSSR count). The van der Waals surface area contributed by atoms with Crippen molar-refractivity contribution in [2.75, 3.05) is 5.32 Å². The number of halogens is 4. The summed E-state index contributed by atoms with van der Waals surface area (Å²) >= 11 is 0. The Balaban J connectivity index is 1.62. The number of alkyl halides is 3. The second-order valence-electron chi connectivity index (χ2n) is 6.20. The Hall–Kier alpha value is -2.84. The first-order chi connectivity index (χ1) is 12.3. The van der Waals surface area contributed by atoms with Crippen LogP contribution >= 0.6 is 0 Å². The van der Waals surface area contributed by atoms with Crippen molar-refractivity contribution < 1.29 is 26.9 Å². The summed E-state index contributed by atoms with van der Waals surface area (Å²) in [4.78, 5) is 19.9. The van der Waals surface area contributed by atoms with Crippen molar-refractivity contribution in [2.24, 2.45) is 0 Å². The SMILES string of the molecule is O=C(Nc1ccc(C(F)(F)F)cn1)[N+]1=C2CC[C@H]1Cc1c2ccnc1F. The molecule has 2 bridgehead atoms. The maximum Gasteiger partial charge on any atom is 0.497 e. The van der Waals surface area contributed by atoms with Crippen LogP contribution in [0.25, 0.3) is 0 Å². The Labute approximate surface area is 145 Å². The molecule has 0 fully saturated rings. The number of aromatic nitrogens is 2. The standard InChI is InChI=1S/C17H12F4N4O/c18-15-12-7-10-2-3-13(11(12)5-6-22-15)25(10)16(26)24-14-4-1-9(8-23-14)17(19,20)21/h1,4-6,8,10H,2-3,7H2/p+1/t10-/m0/s1. The monoisotopic (exact) mass is 365 g/mol. The van der Waals surface area contributed by atoms with E-state index in [0.29, 0.717) is 42.3 Å². The summed E-state index contributed by atoms with van der Waals surface area (Å²) in [6, 6.07) is 2.95. The van der Waals surface area contributed by atoms with Gasteiger partial charge in [-0.15, -0.1) is 0 Å². The van der Waals surface area contributed by atoms with Gasteiger partial charge in [0.05, 0.1) is 5.56 Å². The smallest absolute Gasteiger partial charge is 0.228 e. The van der Waals surface area contributed by atoms with Crippen LogP contribution in [0.5, 0.6) is 0 Å². The van der Waals surface area contributed by atoms with Crippen LogP contribution in [0.1, 0.15) is 29.5 Å². The molecule has 0 unspecified atom stereocenters. The maximum atomic E-state index is 13.9. The molecule has 0 saturated heterocycles. The van der Waals surface area contributed by atoms with E-state index in [4.69, 9.17) is 0 Å². The first-order valence-electron chi connectivity index (χ1n) is 7.97. The summed E-state index contributed by atoms with van der Waals surface area (Å²) in [7, 11) is 0. The lowest BCUT2D eigenvalue weighted by Crippen LogP contribution is -2.39. The fraction of sp³-hybridized carbons (Fsp3) is 0.294. The van der Waals surface area contributed by atoms with Crippen LogP contribution in [0, 0.1) is 5.95 Å². The molecule has 1 atom stereocenters. The Kier molecular flexibility index (Phi) is 3.74. The van der Waals surface area contributed by atoms with Gasteiger partial charge in [-0.3, -0.25) is 0 Å². The molecule has 2 aromatic rings. The first-order valence-corrected chi connectivity index (χ1v) is 7.97. The van der Waals surface area contributed by atoms with E-state index in [-0.39, 0.29) is 11.9 Å². The summed E-state index contributed by atoms with van der Waals surface area (Å²) in [6.45, 7) is 0. The molecule has 0 aliphatic carbocycles. The fourth-order valence-electron chi connectivity index (χ4n) is 3.49. The topological polar surface area (TPSA) is 57.9 Å². The van der Waals surface area contributed by atoms with Crippen molar-refractivity contribution in [3.63, 3.8) is 0 Å². The number of pyridine rings is 2. The predicted molar refractivity (Wildman–Crippen MR) is 83.5 cm³/mol. The lowest BCUT2D eigenvalue weighted by Gasteiger charge is -2.19. The average molecular weight is 365 g/mol. The maximum absolute atomic E-state index is 13.9. The first kappa shape index (κ1) is 16.6. The van der Waals surface area contributed by atoms with Crippen molar-refractivity contribution >= 4 is 17.6 Å². The van der Waals surface area contributed by atoms with Gasteiger partial charge >= 0.3 is 12.2 Å². The zero-order chi connectivity index (χ0) is 18.5. The summed E-state index contributed by atoms with van der Waals surface area (Å²) in [5.41, 5.74) is 0.963. The number of urea groups is 1. The molecule has 26 heavy (non-hydrogen) atoms. The Morgan fingerprint density at radius 1 is 1.23 bits per heavy atom. The Morgan fingerprint density at radius 2 is 2.04 bits per heavy atom. The van der Waals surface area contributed by atoms with E-state index >= 15 is 0 Å². The second kappa shape index (κ2) is 5.86. The van der Waals surface area contributed by atoms with E-state index in [1.54, 1.807) is 10.6 Å².